The molecule has 0 atom stereocenters. The van der Waals surface area contributed by atoms with E-state index in [4.69, 9.17) is 9.47 Å². The molecule has 0 saturated heterocycles. The second-order valence-electron chi connectivity index (χ2n) is 4.72. The van der Waals surface area contributed by atoms with Gasteiger partial charge in [0.05, 0.1) is 13.2 Å². The third-order valence-corrected chi connectivity index (χ3v) is 2.65. The Morgan fingerprint density at radius 1 is 0.818 bits per heavy atom. The third-order valence-electron chi connectivity index (χ3n) is 2.65. The van der Waals surface area contributed by atoms with Crippen LogP contribution in [-0.2, 0) is 19.1 Å². The molecule has 0 aliphatic rings. The maximum atomic E-state index is 11.2. The summed E-state index contributed by atoms with van der Waals surface area (Å²) in [5.74, 6) is -0.650. The van der Waals surface area contributed by atoms with E-state index >= 15 is 0 Å². The predicted molar refractivity (Wildman–Crippen MR) is 86.0 cm³/mol. The molecule has 0 saturated carbocycles. The van der Waals surface area contributed by atoms with E-state index in [-0.39, 0.29) is 11.9 Å². The molecule has 6 heteroatoms. The van der Waals surface area contributed by atoms with Gasteiger partial charge < -0.3 is 20.1 Å². The lowest BCUT2D eigenvalue weighted by atomic mass is 10.3. The maximum Gasteiger partial charge on any atom is 0.332 e. The van der Waals surface area contributed by atoms with Crippen molar-refractivity contribution in [2.75, 3.05) is 26.3 Å². The first-order valence-electron chi connectivity index (χ1n) is 7.67. The minimum atomic E-state index is -0.325. The van der Waals surface area contributed by atoms with Crippen LogP contribution in [0.25, 0.3) is 0 Å². The number of unbranched alkanes of at least 4 members (excludes halogenated alkanes) is 1. The van der Waals surface area contributed by atoms with Gasteiger partial charge in [-0.05, 0) is 40.5 Å². The molecule has 0 heterocycles. The molecule has 0 aromatic carbocycles. The Morgan fingerprint density at radius 2 is 1.18 bits per heavy atom. The average Bonchev–Trinajstić information content (AvgIpc) is 2.42. The Morgan fingerprint density at radius 3 is 1.50 bits per heavy atom. The number of ether oxygens (including phenoxy) is 2. The topological polar surface area (TPSA) is 76.7 Å². The van der Waals surface area contributed by atoms with Gasteiger partial charge in [0.25, 0.3) is 0 Å². The summed E-state index contributed by atoms with van der Waals surface area (Å²) in [7, 11) is 0. The van der Waals surface area contributed by atoms with E-state index in [9.17, 15) is 9.59 Å². The zero-order valence-electron chi connectivity index (χ0n) is 14.0. The lowest BCUT2D eigenvalue weighted by Gasteiger charge is -2.08. The minimum Gasteiger partial charge on any atom is -0.463 e. The van der Waals surface area contributed by atoms with Gasteiger partial charge in [0.15, 0.2) is 0 Å². The van der Waals surface area contributed by atoms with Gasteiger partial charge in [-0.1, -0.05) is 0 Å². The van der Waals surface area contributed by atoms with Crippen LogP contribution >= 0.6 is 0 Å². The smallest absolute Gasteiger partial charge is 0.332 e. The van der Waals surface area contributed by atoms with Crippen molar-refractivity contribution in [2.45, 2.75) is 40.5 Å². The summed E-state index contributed by atoms with van der Waals surface area (Å²) in [5.41, 5.74) is 1.59. The van der Waals surface area contributed by atoms with E-state index in [1.165, 1.54) is 12.2 Å². The Kier molecular flexibility index (Phi) is 11.6. The van der Waals surface area contributed by atoms with Crippen LogP contribution in [0.15, 0.2) is 23.5 Å². The van der Waals surface area contributed by atoms with Crippen LogP contribution in [-0.4, -0.2) is 38.2 Å². The second-order valence-corrected chi connectivity index (χ2v) is 4.72. The Balaban J connectivity index is 3.73. The minimum absolute atomic E-state index is 0.325. The molecular weight excluding hydrogens is 284 g/mol. The number of nitrogens with one attached hydrogen (secondary N) is 2. The van der Waals surface area contributed by atoms with Crippen LogP contribution in [0.4, 0.5) is 0 Å². The van der Waals surface area contributed by atoms with E-state index in [1.807, 2.05) is 13.8 Å². The highest BCUT2D eigenvalue weighted by Gasteiger charge is 1.99. The number of carbonyl (C=O) groups excluding carboxylic acids is 2. The number of rotatable bonds is 11. The fourth-order valence-corrected chi connectivity index (χ4v) is 1.64. The van der Waals surface area contributed by atoms with E-state index in [2.05, 4.69) is 10.6 Å². The Hall–Kier alpha value is -1.98. The summed E-state index contributed by atoms with van der Waals surface area (Å²) in [6, 6.07) is 0. The molecule has 0 fully saturated rings. The summed E-state index contributed by atoms with van der Waals surface area (Å²) >= 11 is 0. The third kappa shape index (κ3) is 11.8. The van der Waals surface area contributed by atoms with Crippen LogP contribution in [0.3, 0.4) is 0 Å². The lowest BCUT2D eigenvalue weighted by molar-refractivity contribution is -0.138. The number of hydrogen-bond acceptors (Lipinski definition) is 6. The summed E-state index contributed by atoms with van der Waals surface area (Å²) in [5, 5.41) is 6.31. The number of hydrogen-bond donors (Lipinski definition) is 2. The van der Waals surface area contributed by atoms with Gasteiger partial charge in [0.2, 0.25) is 0 Å². The molecule has 6 nitrogen and oxygen atoms in total. The average molecular weight is 312 g/mol. The van der Waals surface area contributed by atoms with Crippen molar-refractivity contribution in [2.24, 2.45) is 0 Å². The molecule has 126 valence electrons. The van der Waals surface area contributed by atoms with Crippen LogP contribution < -0.4 is 10.6 Å². The zero-order valence-corrected chi connectivity index (χ0v) is 14.0. The van der Waals surface area contributed by atoms with Gasteiger partial charge >= 0.3 is 11.9 Å². The predicted octanol–water partition coefficient (Wildman–Crippen LogP) is 1.88. The van der Waals surface area contributed by atoms with E-state index in [1.54, 1.807) is 13.8 Å². The van der Waals surface area contributed by atoms with Crippen LogP contribution in [0.1, 0.15) is 40.5 Å². The first-order chi connectivity index (χ1) is 10.5. The van der Waals surface area contributed by atoms with Crippen molar-refractivity contribution in [1.29, 1.82) is 0 Å². The Bertz CT molecular complexity index is 365. The summed E-state index contributed by atoms with van der Waals surface area (Å²) in [6.45, 7) is 9.55. The van der Waals surface area contributed by atoms with Gasteiger partial charge in [0.1, 0.15) is 0 Å². The summed E-state index contributed by atoms with van der Waals surface area (Å²) in [4.78, 5) is 22.4. The van der Waals surface area contributed by atoms with Gasteiger partial charge in [0, 0.05) is 36.6 Å². The maximum absolute atomic E-state index is 11.2. The van der Waals surface area contributed by atoms with E-state index in [0.717, 1.165) is 37.3 Å². The van der Waals surface area contributed by atoms with Crippen molar-refractivity contribution in [3.63, 3.8) is 0 Å². The van der Waals surface area contributed by atoms with E-state index in [0.29, 0.717) is 13.2 Å². The molecular formula is C16H28N2O4. The molecule has 0 bridgehead atoms. The fourth-order valence-electron chi connectivity index (χ4n) is 1.64. The largest absolute Gasteiger partial charge is 0.463 e. The summed E-state index contributed by atoms with van der Waals surface area (Å²) < 4.78 is 9.65. The van der Waals surface area contributed by atoms with Crippen molar-refractivity contribution in [1.82, 2.24) is 10.6 Å². The highest BCUT2D eigenvalue weighted by atomic mass is 16.5. The van der Waals surface area contributed by atoms with Crippen LogP contribution in [0.5, 0.6) is 0 Å². The summed E-state index contributed by atoms with van der Waals surface area (Å²) in [6.07, 6.45) is 4.81. The monoisotopic (exact) mass is 312 g/mol. The molecule has 0 rings (SSSR count). The van der Waals surface area contributed by atoms with Gasteiger partial charge in [-0.2, -0.15) is 0 Å². The number of esters is 2. The van der Waals surface area contributed by atoms with Crippen molar-refractivity contribution in [3.05, 3.63) is 23.5 Å². The molecule has 22 heavy (non-hydrogen) atoms. The first-order valence-corrected chi connectivity index (χ1v) is 7.67. The van der Waals surface area contributed by atoms with Crippen molar-refractivity contribution in [3.8, 4) is 0 Å². The lowest BCUT2D eigenvalue weighted by Crippen LogP contribution is -2.18. The molecule has 0 radical (unpaired) electrons. The van der Waals surface area contributed by atoms with Crippen molar-refractivity contribution >= 4 is 11.9 Å². The normalized spacial score (nSPS) is 11.8. The highest BCUT2D eigenvalue weighted by Crippen LogP contribution is 1.94. The molecule has 2 N–H and O–H groups in total. The standard InChI is InChI=1S/C16H28N2O4/c1-5-21-15(19)11-13(3)17-9-7-8-10-18-14(4)12-16(20)22-6-2/h11-12,17-18H,5-10H2,1-4H3/b13-11-,14-12-. The second kappa shape index (κ2) is 12.7. The van der Waals surface area contributed by atoms with Crippen LogP contribution in [0.2, 0.25) is 0 Å². The van der Waals surface area contributed by atoms with Gasteiger partial charge in [-0.3, -0.25) is 0 Å². The molecule has 0 spiro atoms. The quantitative estimate of drug-likeness (QED) is 0.345. The SMILES string of the molecule is CCOC(=O)/C=C(/C)NCCCCN/C(C)=C\C(=O)OCC. The molecule has 0 aliphatic heterocycles. The highest BCUT2D eigenvalue weighted by molar-refractivity contribution is 5.82. The van der Waals surface area contributed by atoms with Crippen LogP contribution in [0, 0.1) is 0 Å². The molecule has 0 aromatic rings. The van der Waals surface area contributed by atoms with Gasteiger partial charge in [-0.25, -0.2) is 9.59 Å². The molecule has 0 aromatic heterocycles. The Labute approximate surface area is 132 Å². The van der Waals surface area contributed by atoms with E-state index < -0.39 is 0 Å². The van der Waals surface area contributed by atoms with Crippen molar-refractivity contribution < 1.29 is 19.1 Å². The molecule has 0 amide bonds. The molecule has 0 unspecified atom stereocenters. The van der Waals surface area contributed by atoms with Gasteiger partial charge in [-0.15, -0.1) is 0 Å². The number of allylic oxidation sites excluding steroid dienone is 2. The fraction of sp³-hybridized carbons (Fsp3) is 0.625. The zero-order chi connectivity index (χ0) is 16.8. The molecule has 0 aliphatic carbocycles. The number of carbonyl (C=O) groups is 2. The first kappa shape index (κ1) is 20.0.